The summed E-state index contributed by atoms with van der Waals surface area (Å²) >= 11 is 0. The highest BCUT2D eigenvalue weighted by atomic mass is 31.2. The fraction of sp³-hybridized carbons (Fsp3) is 0.333. The van der Waals surface area contributed by atoms with Crippen LogP contribution in [0.5, 0.6) is 0 Å². The van der Waals surface area contributed by atoms with Crippen LogP contribution in [-0.4, -0.2) is 17.5 Å². The lowest BCUT2D eigenvalue weighted by molar-refractivity contribution is 0.471. The predicted molar refractivity (Wildman–Crippen MR) is 57.0 cm³/mol. The number of rotatable bonds is 5. The Morgan fingerprint density at radius 2 is 2.00 bits per heavy atom. The lowest BCUT2D eigenvalue weighted by Crippen LogP contribution is -2.18. The zero-order valence-corrected chi connectivity index (χ0v) is 8.78. The summed E-state index contributed by atoms with van der Waals surface area (Å²) in [7, 11) is -3.14. The van der Waals surface area contributed by atoms with Crippen LogP contribution in [0.1, 0.15) is 5.56 Å². The lowest BCUT2D eigenvalue weighted by atomic mass is 10.2. The van der Waals surface area contributed by atoms with Crippen LogP contribution in [0.15, 0.2) is 30.3 Å². The smallest absolute Gasteiger partial charge is 0.227 e. The topological polar surface area (TPSA) is 75.4 Å². The van der Waals surface area contributed by atoms with Crippen LogP contribution >= 0.6 is 7.37 Å². The van der Waals surface area contributed by atoms with Gasteiger partial charge in [-0.1, -0.05) is 30.3 Å². The maximum atomic E-state index is 11.1. The molecule has 1 aromatic rings. The van der Waals surface area contributed by atoms with E-state index in [2.05, 4.69) is 5.32 Å². The summed E-state index contributed by atoms with van der Waals surface area (Å²) in [4.78, 5) is 9.17. The molecule has 0 aliphatic heterocycles. The van der Waals surface area contributed by atoms with Crippen molar-refractivity contribution in [3.05, 3.63) is 35.9 Å². The molecule has 0 amide bonds. The molecule has 1 rings (SSSR count). The second-order valence-electron chi connectivity index (χ2n) is 3.10. The fourth-order valence-electron chi connectivity index (χ4n) is 1.04. The Morgan fingerprint density at radius 1 is 1.36 bits per heavy atom. The molecule has 1 atom stereocenters. The van der Waals surface area contributed by atoms with E-state index in [-0.39, 0.29) is 12.6 Å². The number of nitrogens with one attached hydrogen (secondary N) is 1. The zero-order chi connectivity index (χ0) is 10.4. The summed E-state index contributed by atoms with van der Waals surface area (Å²) in [5.74, 6) is 0. The normalized spacial score (nSPS) is 15.0. The Labute approximate surface area is 83.6 Å². The van der Waals surface area contributed by atoms with Crippen molar-refractivity contribution in [2.75, 3.05) is 12.6 Å². The maximum absolute atomic E-state index is 11.1. The van der Waals surface area contributed by atoms with Crippen molar-refractivity contribution in [2.24, 2.45) is 5.73 Å². The van der Waals surface area contributed by atoms with Gasteiger partial charge < -0.3 is 15.9 Å². The van der Waals surface area contributed by atoms with E-state index in [1.807, 2.05) is 30.3 Å². The van der Waals surface area contributed by atoms with Gasteiger partial charge in [-0.05, 0) is 5.56 Å². The van der Waals surface area contributed by atoms with Gasteiger partial charge in [0.25, 0.3) is 0 Å². The van der Waals surface area contributed by atoms with Crippen LogP contribution in [0.3, 0.4) is 0 Å². The molecule has 0 bridgehead atoms. The van der Waals surface area contributed by atoms with Gasteiger partial charge in [-0.15, -0.1) is 0 Å². The highest BCUT2D eigenvalue weighted by Gasteiger charge is 2.13. The molecule has 4 nitrogen and oxygen atoms in total. The van der Waals surface area contributed by atoms with Gasteiger partial charge in [0.15, 0.2) is 0 Å². The van der Waals surface area contributed by atoms with Gasteiger partial charge in [0.2, 0.25) is 7.37 Å². The van der Waals surface area contributed by atoms with Crippen molar-refractivity contribution < 1.29 is 9.46 Å². The summed E-state index contributed by atoms with van der Waals surface area (Å²) in [5.41, 5.74) is 6.22. The summed E-state index contributed by atoms with van der Waals surface area (Å²) in [5, 5.41) is 2.90. The van der Waals surface area contributed by atoms with Crippen LogP contribution in [-0.2, 0) is 11.1 Å². The second kappa shape index (κ2) is 5.27. The molecule has 14 heavy (non-hydrogen) atoms. The van der Waals surface area contributed by atoms with Gasteiger partial charge in [-0.2, -0.15) is 0 Å². The van der Waals surface area contributed by atoms with Crippen molar-refractivity contribution in [1.82, 2.24) is 5.32 Å². The molecular formula is C9H15N2O2P. The molecule has 5 heteroatoms. The number of benzene rings is 1. The first kappa shape index (κ1) is 11.4. The summed E-state index contributed by atoms with van der Waals surface area (Å²) < 4.78 is 11.1. The first-order chi connectivity index (χ1) is 6.64. The monoisotopic (exact) mass is 214 g/mol. The van der Waals surface area contributed by atoms with Gasteiger partial charge >= 0.3 is 0 Å². The molecule has 0 saturated heterocycles. The Kier molecular flexibility index (Phi) is 4.29. The van der Waals surface area contributed by atoms with E-state index in [0.717, 1.165) is 5.56 Å². The van der Waals surface area contributed by atoms with Crippen LogP contribution in [0.2, 0.25) is 0 Å². The molecule has 0 heterocycles. The Balaban J connectivity index is 2.33. The Hall–Kier alpha value is -0.670. The Morgan fingerprint density at radius 3 is 2.57 bits per heavy atom. The van der Waals surface area contributed by atoms with Crippen molar-refractivity contribution in [2.45, 2.75) is 6.54 Å². The highest BCUT2D eigenvalue weighted by Crippen LogP contribution is 2.35. The van der Waals surface area contributed by atoms with E-state index in [4.69, 9.17) is 10.6 Å². The molecule has 78 valence electrons. The third kappa shape index (κ3) is 4.03. The summed E-state index contributed by atoms with van der Waals surface area (Å²) in [6.45, 7) is 0.589. The molecule has 0 aliphatic rings. The average molecular weight is 214 g/mol. The van der Waals surface area contributed by atoms with Gasteiger partial charge in [-0.25, -0.2) is 0 Å². The molecule has 0 aliphatic carbocycles. The predicted octanol–water partition coefficient (Wildman–Crippen LogP) is 0.920. The van der Waals surface area contributed by atoms with Crippen LogP contribution in [0, 0.1) is 0 Å². The van der Waals surface area contributed by atoms with Gasteiger partial charge in [0.1, 0.15) is 0 Å². The van der Waals surface area contributed by atoms with E-state index in [0.29, 0.717) is 6.54 Å². The summed E-state index contributed by atoms with van der Waals surface area (Å²) in [6, 6.07) is 9.70. The standard InChI is InChI=1S/C9H15N2O2P/c10-7-14(12,13)8-11-6-9-4-2-1-3-5-9/h1-5,11H,6-8,10H2,(H,12,13). The number of hydrogen-bond donors (Lipinski definition) is 3. The SMILES string of the molecule is NCP(=O)(O)CNCc1ccccc1. The zero-order valence-electron chi connectivity index (χ0n) is 7.89. The maximum Gasteiger partial charge on any atom is 0.227 e. The second-order valence-corrected chi connectivity index (χ2v) is 5.47. The van der Waals surface area contributed by atoms with E-state index in [9.17, 15) is 4.57 Å². The minimum absolute atomic E-state index is 0.0679. The third-order valence-corrected chi connectivity index (χ3v) is 3.10. The van der Waals surface area contributed by atoms with Crippen LogP contribution < -0.4 is 11.1 Å². The molecule has 0 radical (unpaired) electrons. The minimum atomic E-state index is -3.14. The largest absolute Gasteiger partial charge is 0.343 e. The van der Waals surface area contributed by atoms with Gasteiger partial charge in [0, 0.05) is 6.54 Å². The average Bonchev–Trinajstić information content (AvgIpc) is 2.19. The molecule has 1 unspecified atom stereocenters. The fourth-order valence-corrected chi connectivity index (χ4v) is 1.63. The third-order valence-electron chi connectivity index (χ3n) is 1.82. The van der Waals surface area contributed by atoms with Crippen molar-refractivity contribution in [1.29, 1.82) is 0 Å². The van der Waals surface area contributed by atoms with Crippen molar-refractivity contribution in [3.63, 3.8) is 0 Å². The minimum Gasteiger partial charge on any atom is -0.343 e. The van der Waals surface area contributed by atoms with E-state index < -0.39 is 7.37 Å². The molecule has 4 N–H and O–H groups in total. The highest BCUT2D eigenvalue weighted by molar-refractivity contribution is 7.57. The van der Waals surface area contributed by atoms with Crippen molar-refractivity contribution >= 4 is 7.37 Å². The molecule has 0 spiro atoms. The molecule has 0 fully saturated rings. The summed E-state index contributed by atoms with van der Waals surface area (Å²) in [6.07, 6.45) is -0.104. The van der Waals surface area contributed by atoms with Gasteiger partial charge in [0.05, 0.1) is 12.6 Å². The number of nitrogens with two attached hydrogens (primary N) is 1. The van der Waals surface area contributed by atoms with Crippen LogP contribution in [0.25, 0.3) is 0 Å². The molecule has 0 saturated carbocycles. The molecular weight excluding hydrogens is 199 g/mol. The lowest BCUT2D eigenvalue weighted by Gasteiger charge is -2.09. The first-order valence-corrected chi connectivity index (χ1v) is 6.42. The van der Waals surface area contributed by atoms with Crippen molar-refractivity contribution in [3.8, 4) is 0 Å². The number of hydrogen-bond acceptors (Lipinski definition) is 3. The van der Waals surface area contributed by atoms with E-state index >= 15 is 0 Å². The van der Waals surface area contributed by atoms with Crippen LogP contribution in [0.4, 0.5) is 0 Å². The molecule has 0 aromatic heterocycles. The van der Waals surface area contributed by atoms with Gasteiger partial charge in [-0.3, -0.25) is 4.57 Å². The van der Waals surface area contributed by atoms with E-state index in [1.54, 1.807) is 0 Å². The first-order valence-electron chi connectivity index (χ1n) is 4.39. The quantitative estimate of drug-likeness (QED) is 0.637. The Bertz CT molecular complexity index is 316. The van der Waals surface area contributed by atoms with E-state index in [1.165, 1.54) is 0 Å². The molecule has 1 aromatic carbocycles.